The van der Waals surface area contributed by atoms with Crippen molar-refractivity contribution < 1.29 is 13.5 Å². The standard InChI is InChI=1S/C20H22F2N4OS/c21-15-2-5-17(6-3-15)27-12-14-1-4-16-11-26(8-7-25(16)10-14)20-23-9-18(22)19(13-28)24-20/h2-3,5-6,9,13-14,16H,1,4,7-8,10-12H2. The lowest BCUT2D eigenvalue weighted by Gasteiger charge is -2.46. The van der Waals surface area contributed by atoms with Gasteiger partial charge in [-0.25, -0.2) is 18.7 Å². The van der Waals surface area contributed by atoms with Crippen LogP contribution >= 0.6 is 12.2 Å². The van der Waals surface area contributed by atoms with Crippen LogP contribution in [0.15, 0.2) is 30.5 Å². The van der Waals surface area contributed by atoms with Gasteiger partial charge >= 0.3 is 0 Å². The van der Waals surface area contributed by atoms with Crippen LogP contribution in [0, 0.1) is 17.6 Å². The molecular formula is C20H22F2N4OS. The molecule has 1 aromatic heterocycles. The third kappa shape index (κ3) is 4.28. The van der Waals surface area contributed by atoms with Crippen molar-refractivity contribution in [3.8, 4) is 5.75 Å². The Kier molecular flexibility index (Phi) is 5.77. The molecule has 0 N–H and O–H groups in total. The number of benzene rings is 1. The SMILES string of the molecule is Fc1ccc(OCC2CCC3CN(c4ncc(F)c(C=S)n4)CCN3C2)cc1. The lowest BCUT2D eigenvalue weighted by molar-refractivity contribution is 0.0725. The summed E-state index contributed by atoms with van der Waals surface area (Å²) in [7, 11) is 0. The van der Waals surface area contributed by atoms with Gasteiger partial charge < -0.3 is 9.64 Å². The van der Waals surface area contributed by atoms with Gasteiger partial charge in [0.2, 0.25) is 5.95 Å². The number of nitrogens with zero attached hydrogens (tertiary/aromatic N) is 4. The van der Waals surface area contributed by atoms with Gasteiger partial charge in [0, 0.05) is 43.5 Å². The summed E-state index contributed by atoms with van der Waals surface area (Å²) >= 11 is 4.83. The number of fused-ring (bicyclic) bond motifs is 1. The Labute approximate surface area is 168 Å². The van der Waals surface area contributed by atoms with Crippen molar-refractivity contribution in [2.24, 2.45) is 5.92 Å². The monoisotopic (exact) mass is 404 g/mol. The van der Waals surface area contributed by atoms with Crippen molar-refractivity contribution in [1.29, 1.82) is 0 Å². The first-order valence-electron chi connectivity index (χ1n) is 9.47. The first kappa shape index (κ1) is 19.1. The average molecular weight is 404 g/mol. The topological polar surface area (TPSA) is 41.5 Å². The highest BCUT2D eigenvalue weighted by Crippen LogP contribution is 2.27. The molecule has 2 saturated heterocycles. The Morgan fingerprint density at radius 3 is 2.75 bits per heavy atom. The number of rotatable bonds is 5. The molecule has 0 spiro atoms. The maximum Gasteiger partial charge on any atom is 0.226 e. The minimum atomic E-state index is -0.487. The maximum atomic E-state index is 13.6. The van der Waals surface area contributed by atoms with Gasteiger partial charge in [-0.3, -0.25) is 4.90 Å². The van der Waals surface area contributed by atoms with E-state index in [1.54, 1.807) is 12.1 Å². The summed E-state index contributed by atoms with van der Waals surface area (Å²) in [4.78, 5) is 13.0. The van der Waals surface area contributed by atoms with Crippen LogP contribution in [-0.4, -0.2) is 59.1 Å². The van der Waals surface area contributed by atoms with Gasteiger partial charge in [0.25, 0.3) is 0 Å². The summed E-state index contributed by atoms with van der Waals surface area (Å²) in [5, 5.41) is 1.25. The second-order valence-corrected chi connectivity index (χ2v) is 7.56. The molecule has 2 aliphatic heterocycles. The van der Waals surface area contributed by atoms with Crippen LogP contribution in [0.2, 0.25) is 0 Å². The van der Waals surface area contributed by atoms with E-state index < -0.39 is 5.82 Å². The molecule has 2 unspecified atom stereocenters. The summed E-state index contributed by atoms with van der Waals surface area (Å²) in [5.41, 5.74) is 0.170. The minimum Gasteiger partial charge on any atom is -0.493 e. The van der Waals surface area contributed by atoms with Gasteiger partial charge in [-0.05, 0) is 37.1 Å². The number of hydrogen-bond donors (Lipinski definition) is 0. The van der Waals surface area contributed by atoms with Crippen LogP contribution in [0.3, 0.4) is 0 Å². The van der Waals surface area contributed by atoms with E-state index in [4.69, 9.17) is 17.0 Å². The molecule has 2 atom stereocenters. The highest BCUT2D eigenvalue weighted by molar-refractivity contribution is 7.79. The molecule has 0 bridgehead atoms. The first-order chi connectivity index (χ1) is 13.6. The number of ether oxygens (including phenoxy) is 1. The third-order valence-corrected chi connectivity index (χ3v) is 5.68. The molecule has 0 saturated carbocycles. The van der Waals surface area contributed by atoms with Crippen molar-refractivity contribution in [2.75, 3.05) is 37.7 Å². The van der Waals surface area contributed by atoms with E-state index in [0.717, 1.165) is 39.0 Å². The van der Waals surface area contributed by atoms with Crippen molar-refractivity contribution in [2.45, 2.75) is 18.9 Å². The van der Waals surface area contributed by atoms with Crippen LogP contribution < -0.4 is 9.64 Å². The van der Waals surface area contributed by atoms with Crippen LogP contribution in [-0.2, 0) is 0 Å². The zero-order chi connectivity index (χ0) is 19.5. The number of piperazine rings is 1. The number of hydrogen-bond acceptors (Lipinski definition) is 6. The Hall–Kier alpha value is -2.19. The molecule has 0 aliphatic carbocycles. The predicted octanol–water partition coefficient (Wildman–Crippen LogP) is 3.08. The average Bonchev–Trinajstić information content (AvgIpc) is 2.73. The molecule has 1 aromatic carbocycles. The number of piperidine rings is 1. The molecule has 2 aliphatic rings. The van der Waals surface area contributed by atoms with E-state index in [9.17, 15) is 8.78 Å². The Morgan fingerprint density at radius 1 is 1.14 bits per heavy atom. The van der Waals surface area contributed by atoms with Crippen molar-refractivity contribution in [1.82, 2.24) is 14.9 Å². The van der Waals surface area contributed by atoms with E-state index in [-0.39, 0.29) is 11.5 Å². The molecule has 4 rings (SSSR count). The third-order valence-electron chi connectivity index (χ3n) is 5.46. The second-order valence-electron chi connectivity index (χ2n) is 7.32. The number of thiocarbonyl (C=S) groups is 1. The maximum absolute atomic E-state index is 13.6. The Bertz CT molecular complexity index is 835. The molecule has 2 aromatic rings. The normalized spacial score (nSPS) is 22.6. The van der Waals surface area contributed by atoms with Crippen LogP contribution in [0.25, 0.3) is 0 Å². The van der Waals surface area contributed by atoms with Gasteiger partial charge in [-0.15, -0.1) is 0 Å². The van der Waals surface area contributed by atoms with Gasteiger partial charge in [0.1, 0.15) is 17.3 Å². The quantitative estimate of drug-likeness (QED) is 0.714. The zero-order valence-electron chi connectivity index (χ0n) is 15.4. The summed E-state index contributed by atoms with van der Waals surface area (Å²) < 4.78 is 32.4. The summed E-state index contributed by atoms with van der Waals surface area (Å²) in [6.45, 7) is 4.15. The van der Waals surface area contributed by atoms with E-state index >= 15 is 0 Å². The number of aromatic nitrogens is 2. The second kappa shape index (κ2) is 8.45. The molecule has 3 heterocycles. The van der Waals surface area contributed by atoms with E-state index in [1.807, 2.05) is 0 Å². The zero-order valence-corrected chi connectivity index (χ0v) is 16.2. The van der Waals surface area contributed by atoms with Gasteiger partial charge in [-0.2, -0.15) is 0 Å². The molecule has 28 heavy (non-hydrogen) atoms. The molecule has 0 radical (unpaired) electrons. The lowest BCUT2D eigenvalue weighted by Crippen LogP contribution is -2.57. The fourth-order valence-electron chi connectivity index (χ4n) is 3.93. The highest BCUT2D eigenvalue weighted by atomic mass is 32.1. The van der Waals surface area contributed by atoms with Gasteiger partial charge in [0.15, 0.2) is 5.82 Å². The highest BCUT2D eigenvalue weighted by Gasteiger charge is 2.34. The van der Waals surface area contributed by atoms with Gasteiger partial charge in [-0.1, -0.05) is 12.2 Å². The van der Waals surface area contributed by atoms with Crippen molar-refractivity contribution in [3.63, 3.8) is 0 Å². The minimum absolute atomic E-state index is 0.170. The van der Waals surface area contributed by atoms with E-state index in [1.165, 1.54) is 23.7 Å². The number of halogens is 2. The summed E-state index contributed by atoms with van der Waals surface area (Å²) in [6.07, 6.45) is 3.33. The molecule has 2 fully saturated rings. The Balaban J connectivity index is 1.32. The molecule has 5 nitrogen and oxygen atoms in total. The molecule has 8 heteroatoms. The Morgan fingerprint density at radius 2 is 1.96 bits per heavy atom. The first-order valence-corrected chi connectivity index (χ1v) is 9.94. The summed E-state index contributed by atoms with van der Waals surface area (Å²) in [6, 6.07) is 6.59. The fraction of sp³-hybridized carbons (Fsp3) is 0.450. The molecule has 148 valence electrons. The lowest BCUT2D eigenvalue weighted by atomic mass is 9.91. The predicted molar refractivity (Wildman–Crippen MR) is 107 cm³/mol. The van der Waals surface area contributed by atoms with Crippen LogP contribution in [0.4, 0.5) is 14.7 Å². The number of anilines is 1. The van der Waals surface area contributed by atoms with Crippen molar-refractivity contribution >= 4 is 23.5 Å². The van der Waals surface area contributed by atoms with Gasteiger partial charge in [0.05, 0.1) is 12.8 Å². The smallest absolute Gasteiger partial charge is 0.226 e. The van der Waals surface area contributed by atoms with E-state index in [2.05, 4.69) is 19.8 Å². The summed E-state index contributed by atoms with van der Waals surface area (Å²) in [5.74, 6) is 0.957. The van der Waals surface area contributed by atoms with Crippen LogP contribution in [0.1, 0.15) is 18.5 Å². The molecular weight excluding hydrogens is 382 g/mol. The van der Waals surface area contributed by atoms with Crippen molar-refractivity contribution in [3.05, 3.63) is 47.8 Å². The van der Waals surface area contributed by atoms with E-state index in [0.29, 0.717) is 30.3 Å². The fourth-order valence-corrected chi connectivity index (χ4v) is 4.09. The largest absolute Gasteiger partial charge is 0.493 e. The van der Waals surface area contributed by atoms with Crippen LogP contribution in [0.5, 0.6) is 5.75 Å². The molecule has 0 amide bonds.